The van der Waals surface area contributed by atoms with Crippen LogP contribution in [0.25, 0.3) is 0 Å². The third kappa shape index (κ3) is 3.79. The minimum absolute atomic E-state index is 0.0993. The Morgan fingerprint density at radius 1 is 1.33 bits per heavy atom. The Bertz CT molecular complexity index is 668. The highest BCUT2D eigenvalue weighted by molar-refractivity contribution is 7.07. The summed E-state index contributed by atoms with van der Waals surface area (Å²) in [7, 11) is 3.30. The number of nitrogens with one attached hydrogen (secondary N) is 1. The van der Waals surface area contributed by atoms with E-state index in [0.29, 0.717) is 18.2 Å². The second-order valence-corrected chi connectivity index (χ2v) is 6.47. The molecule has 1 saturated heterocycles. The maximum absolute atomic E-state index is 12.0. The number of methoxy groups -OCH3 is 2. The zero-order valence-electron chi connectivity index (χ0n) is 13.8. The third-order valence-electron chi connectivity index (χ3n) is 4.20. The second kappa shape index (κ2) is 7.53. The van der Waals surface area contributed by atoms with Crippen LogP contribution in [0.1, 0.15) is 16.9 Å². The molecule has 0 spiro atoms. The molecule has 1 aliphatic heterocycles. The van der Waals surface area contributed by atoms with Crippen LogP contribution in [0.3, 0.4) is 0 Å². The number of nitrogens with zero attached hydrogens (tertiary/aromatic N) is 2. The summed E-state index contributed by atoms with van der Waals surface area (Å²) < 4.78 is 10.7. The van der Waals surface area contributed by atoms with Gasteiger partial charge in [0.05, 0.1) is 19.7 Å². The number of ether oxygens (including phenoxy) is 2. The molecular formula is C17H21N3O3S. The number of benzene rings is 1. The molecule has 1 amide bonds. The first-order valence-electron chi connectivity index (χ1n) is 7.84. The molecule has 0 radical (unpaired) electrons. The average Bonchev–Trinajstić information content (AvgIpc) is 3.30. The van der Waals surface area contributed by atoms with E-state index < -0.39 is 0 Å². The summed E-state index contributed by atoms with van der Waals surface area (Å²) >= 11 is 1.43. The van der Waals surface area contributed by atoms with Gasteiger partial charge in [-0.05, 0) is 12.3 Å². The average molecular weight is 347 g/mol. The number of thiazole rings is 1. The van der Waals surface area contributed by atoms with Crippen molar-refractivity contribution in [2.75, 3.05) is 38.8 Å². The molecule has 2 heterocycles. The van der Waals surface area contributed by atoms with Crippen molar-refractivity contribution in [1.29, 1.82) is 0 Å². The number of aromatic nitrogens is 1. The summed E-state index contributed by atoms with van der Waals surface area (Å²) in [6.07, 6.45) is 1.04. The van der Waals surface area contributed by atoms with Gasteiger partial charge in [0.1, 0.15) is 17.2 Å². The largest absolute Gasteiger partial charge is 0.497 e. The number of carbonyl (C=O) groups excluding carboxylic acids is 1. The van der Waals surface area contributed by atoms with E-state index in [1.807, 2.05) is 18.2 Å². The topological polar surface area (TPSA) is 63.7 Å². The molecule has 6 nitrogen and oxygen atoms in total. The van der Waals surface area contributed by atoms with Crippen molar-refractivity contribution in [2.45, 2.75) is 6.42 Å². The van der Waals surface area contributed by atoms with E-state index in [0.717, 1.165) is 36.7 Å². The zero-order chi connectivity index (χ0) is 16.9. The lowest BCUT2D eigenvalue weighted by Crippen LogP contribution is -2.31. The van der Waals surface area contributed by atoms with Gasteiger partial charge in [-0.3, -0.25) is 4.79 Å². The molecule has 1 unspecified atom stereocenters. The highest BCUT2D eigenvalue weighted by Gasteiger charge is 2.24. The van der Waals surface area contributed by atoms with E-state index >= 15 is 0 Å². The van der Waals surface area contributed by atoms with Crippen molar-refractivity contribution in [3.8, 4) is 11.5 Å². The molecule has 7 heteroatoms. The van der Waals surface area contributed by atoms with E-state index in [4.69, 9.17) is 9.47 Å². The number of amides is 1. The number of hydrogen-bond donors (Lipinski definition) is 1. The Labute approximate surface area is 145 Å². The van der Waals surface area contributed by atoms with Gasteiger partial charge < -0.3 is 19.7 Å². The Balaban J connectivity index is 1.58. The Morgan fingerprint density at radius 2 is 2.08 bits per heavy atom. The van der Waals surface area contributed by atoms with E-state index in [9.17, 15) is 4.79 Å². The van der Waals surface area contributed by atoms with Crippen LogP contribution in [0.15, 0.2) is 29.1 Å². The molecule has 0 saturated carbocycles. The smallest absolute Gasteiger partial charge is 0.270 e. The molecule has 2 aromatic rings. The van der Waals surface area contributed by atoms with Gasteiger partial charge in [-0.25, -0.2) is 4.98 Å². The Kier molecular flexibility index (Phi) is 5.20. The lowest BCUT2D eigenvalue weighted by molar-refractivity contribution is 0.0944. The molecule has 0 bridgehead atoms. The van der Waals surface area contributed by atoms with Crippen LogP contribution in [-0.4, -0.2) is 44.7 Å². The predicted octanol–water partition coefficient (Wildman–Crippen LogP) is 2.42. The lowest BCUT2D eigenvalue weighted by atomic mass is 10.1. The summed E-state index contributed by atoms with van der Waals surface area (Å²) in [6, 6.07) is 5.89. The number of carbonyl (C=O) groups is 1. The van der Waals surface area contributed by atoms with Crippen molar-refractivity contribution < 1.29 is 14.3 Å². The van der Waals surface area contributed by atoms with Gasteiger partial charge in [0.25, 0.3) is 5.91 Å². The van der Waals surface area contributed by atoms with Crippen LogP contribution >= 0.6 is 11.3 Å². The predicted molar refractivity (Wildman–Crippen MR) is 94.3 cm³/mol. The van der Waals surface area contributed by atoms with Crippen LogP contribution in [-0.2, 0) is 0 Å². The number of hydrogen-bond acceptors (Lipinski definition) is 6. The van der Waals surface area contributed by atoms with Gasteiger partial charge in [0.2, 0.25) is 0 Å². The Hall–Kier alpha value is -2.28. The molecule has 1 aliphatic rings. The Morgan fingerprint density at radius 3 is 2.71 bits per heavy atom. The van der Waals surface area contributed by atoms with E-state index in [-0.39, 0.29) is 5.91 Å². The van der Waals surface area contributed by atoms with Gasteiger partial charge in [0, 0.05) is 48.9 Å². The first-order valence-corrected chi connectivity index (χ1v) is 8.78. The first kappa shape index (κ1) is 16.6. The normalized spacial score (nSPS) is 16.9. The summed E-state index contributed by atoms with van der Waals surface area (Å²) in [5.74, 6) is 1.89. The van der Waals surface area contributed by atoms with Crippen LogP contribution < -0.4 is 19.7 Å². The number of anilines is 1. The van der Waals surface area contributed by atoms with Gasteiger partial charge in [0.15, 0.2) is 0 Å². The molecule has 1 N–H and O–H groups in total. The zero-order valence-corrected chi connectivity index (χ0v) is 14.6. The van der Waals surface area contributed by atoms with Gasteiger partial charge in [-0.2, -0.15) is 0 Å². The standard InChI is InChI=1S/C17H21N3O3S/c1-22-14-5-13(6-15(7-14)23-2)20-4-3-12(9-20)8-18-17(21)16-10-24-11-19-16/h5-7,10-12H,3-4,8-9H2,1-2H3,(H,18,21). The first-order chi connectivity index (χ1) is 11.7. The third-order valence-corrected chi connectivity index (χ3v) is 4.79. The molecular weight excluding hydrogens is 326 g/mol. The molecule has 3 rings (SSSR count). The highest BCUT2D eigenvalue weighted by Crippen LogP contribution is 2.31. The van der Waals surface area contributed by atoms with Crippen LogP contribution in [0.4, 0.5) is 5.69 Å². The summed E-state index contributed by atoms with van der Waals surface area (Å²) in [4.78, 5) is 18.3. The maximum Gasteiger partial charge on any atom is 0.270 e. The fourth-order valence-corrected chi connectivity index (χ4v) is 3.39. The van der Waals surface area contributed by atoms with Crippen molar-refractivity contribution in [1.82, 2.24) is 10.3 Å². The molecule has 0 aliphatic carbocycles. The fraction of sp³-hybridized carbons (Fsp3) is 0.412. The summed E-state index contributed by atoms with van der Waals surface area (Å²) in [5.41, 5.74) is 3.24. The van der Waals surface area contributed by atoms with Crippen LogP contribution in [0.5, 0.6) is 11.5 Å². The van der Waals surface area contributed by atoms with E-state index in [2.05, 4.69) is 15.2 Å². The molecule has 1 fully saturated rings. The van der Waals surface area contributed by atoms with Gasteiger partial charge >= 0.3 is 0 Å². The molecule has 24 heavy (non-hydrogen) atoms. The number of rotatable bonds is 6. The minimum atomic E-state index is -0.0993. The molecule has 1 aromatic carbocycles. The molecule has 1 aromatic heterocycles. The monoisotopic (exact) mass is 347 g/mol. The van der Waals surface area contributed by atoms with Gasteiger partial charge in [-0.1, -0.05) is 0 Å². The lowest BCUT2D eigenvalue weighted by Gasteiger charge is -2.20. The summed E-state index contributed by atoms with van der Waals surface area (Å²) in [5, 5.41) is 4.74. The van der Waals surface area contributed by atoms with Crippen LogP contribution in [0, 0.1) is 5.92 Å². The molecule has 128 valence electrons. The van der Waals surface area contributed by atoms with Crippen molar-refractivity contribution >= 4 is 22.9 Å². The SMILES string of the molecule is COc1cc(OC)cc(N2CCC(CNC(=O)c3cscn3)C2)c1. The quantitative estimate of drug-likeness (QED) is 0.869. The van der Waals surface area contributed by atoms with Crippen molar-refractivity contribution in [2.24, 2.45) is 5.92 Å². The maximum atomic E-state index is 12.0. The van der Waals surface area contributed by atoms with E-state index in [1.54, 1.807) is 25.1 Å². The van der Waals surface area contributed by atoms with Crippen molar-refractivity contribution in [3.63, 3.8) is 0 Å². The van der Waals surface area contributed by atoms with Gasteiger partial charge in [-0.15, -0.1) is 11.3 Å². The minimum Gasteiger partial charge on any atom is -0.497 e. The molecule has 1 atom stereocenters. The van der Waals surface area contributed by atoms with Crippen LogP contribution in [0.2, 0.25) is 0 Å². The van der Waals surface area contributed by atoms with E-state index in [1.165, 1.54) is 11.3 Å². The summed E-state index contributed by atoms with van der Waals surface area (Å²) in [6.45, 7) is 2.51. The fourth-order valence-electron chi connectivity index (χ4n) is 2.86. The highest BCUT2D eigenvalue weighted by atomic mass is 32.1. The second-order valence-electron chi connectivity index (χ2n) is 5.76. The van der Waals surface area contributed by atoms with Crippen molar-refractivity contribution in [3.05, 3.63) is 34.8 Å².